The minimum absolute atomic E-state index is 0.0294. The first-order valence-electron chi connectivity index (χ1n) is 6.88. The van der Waals surface area contributed by atoms with Crippen molar-refractivity contribution in [3.8, 4) is 0 Å². The van der Waals surface area contributed by atoms with Crippen molar-refractivity contribution in [2.24, 2.45) is 0 Å². The van der Waals surface area contributed by atoms with E-state index in [0.29, 0.717) is 15.6 Å². The predicted octanol–water partition coefficient (Wildman–Crippen LogP) is 2.20. The van der Waals surface area contributed by atoms with E-state index in [-0.39, 0.29) is 24.8 Å². The molecule has 2 aromatic rings. The molecule has 8 heteroatoms. The normalized spacial score (nSPS) is 10.4. The largest absolute Gasteiger partial charge is 0.273 e. The number of carbonyl (C=O) groups excluding carboxylic acids is 2. The molecule has 0 spiro atoms. The zero-order valence-corrected chi connectivity index (χ0v) is 14.2. The van der Waals surface area contributed by atoms with Crippen LogP contribution in [-0.2, 0) is 22.6 Å². The highest BCUT2D eigenvalue weighted by atomic mass is 35.5. The van der Waals surface area contributed by atoms with E-state index in [1.54, 1.807) is 22.9 Å². The first-order valence-corrected chi connectivity index (χ1v) is 7.63. The summed E-state index contributed by atoms with van der Waals surface area (Å²) in [5.74, 6) is -0.748. The summed E-state index contributed by atoms with van der Waals surface area (Å²) in [4.78, 5) is 23.6. The van der Waals surface area contributed by atoms with E-state index in [4.69, 9.17) is 23.2 Å². The van der Waals surface area contributed by atoms with Gasteiger partial charge in [0.05, 0.1) is 12.1 Å². The molecule has 0 saturated carbocycles. The molecule has 0 aliphatic heterocycles. The summed E-state index contributed by atoms with van der Waals surface area (Å²) in [6, 6.07) is 6.75. The fraction of sp³-hybridized carbons (Fsp3) is 0.267. The van der Waals surface area contributed by atoms with Gasteiger partial charge in [-0.05, 0) is 37.6 Å². The van der Waals surface area contributed by atoms with Gasteiger partial charge in [0.25, 0.3) is 5.91 Å². The molecule has 2 amide bonds. The lowest BCUT2D eigenvalue weighted by Gasteiger charge is -2.09. The highest BCUT2D eigenvalue weighted by Gasteiger charge is 2.10. The Morgan fingerprint density at radius 1 is 1.13 bits per heavy atom. The number of carbonyl (C=O) groups is 2. The fourth-order valence-electron chi connectivity index (χ4n) is 2.03. The van der Waals surface area contributed by atoms with Gasteiger partial charge in [-0.1, -0.05) is 29.3 Å². The Hall–Kier alpha value is -2.05. The highest BCUT2D eigenvalue weighted by Crippen LogP contribution is 2.21. The van der Waals surface area contributed by atoms with E-state index in [2.05, 4.69) is 16.0 Å². The molecule has 2 rings (SSSR count). The quantitative estimate of drug-likeness (QED) is 0.826. The van der Waals surface area contributed by atoms with Gasteiger partial charge in [-0.15, -0.1) is 0 Å². The van der Waals surface area contributed by atoms with Crippen LogP contribution in [0.4, 0.5) is 0 Å². The summed E-state index contributed by atoms with van der Waals surface area (Å²) in [7, 11) is 0. The van der Waals surface area contributed by atoms with Gasteiger partial charge in [0, 0.05) is 15.7 Å². The van der Waals surface area contributed by atoms with Crippen LogP contribution in [0.5, 0.6) is 0 Å². The monoisotopic (exact) mass is 354 g/mol. The Kier molecular flexibility index (Phi) is 5.63. The highest BCUT2D eigenvalue weighted by molar-refractivity contribution is 6.35. The Labute approximate surface area is 143 Å². The predicted molar refractivity (Wildman–Crippen MR) is 88.2 cm³/mol. The Morgan fingerprint density at radius 2 is 1.83 bits per heavy atom. The molecule has 122 valence electrons. The molecule has 0 bridgehead atoms. The second-order valence-corrected chi connectivity index (χ2v) is 5.94. The van der Waals surface area contributed by atoms with E-state index in [1.165, 1.54) is 0 Å². The lowest BCUT2D eigenvalue weighted by atomic mass is 10.1. The summed E-state index contributed by atoms with van der Waals surface area (Å²) in [6.07, 6.45) is 0.0379. The van der Waals surface area contributed by atoms with E-state index in [0.717, 1.165) is 11.4 Å². The van der Waals surface area contributed by atoms with Gasteiger partial charge in [-0.25, -0.2) is 0 Å². The van der Waals surface area contributed by atoms with Gasteiger partial charge in [0.1, 0.15) is 6.54 Å². The lowest BCUT2D eigenvalue weighted by Crippen LogP contribution is -2.44. The van der Waals surface area contributed by atoms with Crippen molar-refractivity contribution in [2.75, 3.05) is 0 Å². The van der Waals surface area contributed by atoms with Crippen molar-refractivity contribution < 1.29 is 9.59 Å². The Bertz CT molecular complexity index is 743. The molecule has 0 radical (unpaired) electrons. The number of aromatic nitrogens is 2. The number of halogens is 2. The van der Waals surface area contributed by atoms with Gasteiger partial charge in [0.15, 0.2) is 0 Å². The number of nitrogens with zero attached hydrogens (tertiary/aromatic N) is 2. The minimum Gasteiger partial charge on any atom is -0.273 e. The van der Waals surface area contributed by atoms with E-state index >= 15 is 0 Å². The molecule has 1 aromatic heterocycles. The summed E-state index contributed by atoms with van der Waals surface area (Å²) < 4.78 is 1.56. The smallest absolute Gasteiger partial charge is 0.260 e. The molecular formula is C15H16Cl2N4O2. The number of rotatable bonds is 4. The third kappa shape index (κ3) is 4.97. The fourth-order valence-corrected chi connectivity index (χ4v) is 2.51. The molecule has 0 aliphatic carbocycles. The first-order chi connectivity index (χ1) is 10.8. The molecule has 0 saturated heterocycles. The van der Waals surface area contributed by atoms with Crippen LogP contribution in [0.15, 0.2) is 24.3 Å². The van der Waals surface area contributed by atoms with Crippen molar-refractivity contribution in [3.05, 3.63) is 51.3 Å². The molecule has 23 heavy (non-hydrogen) atoms. The van der Waals surface area contributed by atoms with Crippen LogP contribution in [0.25, 0.3) is 0 Å². The topological polar surface area (TPSA) is 76.0 Å². The van der Waals surface area contributed by atoms with Gasteiger partial charge >= 0.3 is 0 Å². The van der Waals surface area contributed by atoms with E-state index in [1.807, 2.05) is 19.9 Å². The third-order valence-electron chi connectivity index (χ3n) is 3.10. The van der Waals surface area contributed by atoms with Gasteiger partial charge in [-0.2, -0.15) is 5.10 Å². The molecule has 6 nitrogen and oxygen atoms in total. The summed E-state index contributed by atoms with van der Waals surface area (Å²) in [5, 5.41) is 5.08. The number of hydrazine groups is 1. The summed E-state index contributed by atoms with van der Waals surface area (Å²) >= 11 is 11.8. The van der Waals surface area contributed by atoms with Crippen LogP contribution in [0, 0.1) is 13.8 Å². The maximum Gasteiger partial charge on any atom is 0.260 e. The average molecular weight is 355 g/mol. The van der Waals surface area contributed by atoms with Crippen LogP contribution >= 0.6 is 23.2 Å². The molecule has 1 heterocycles. The second-order valence-electron chi connectivity index (χ2n) is 5.09. The van der Waals surface area contributed by atoms with Crippen LogP contribution in [0.1, 0.15) is 17.0 Å². The standard InChI is InChI=1S/C15H16Cl2N4O2/c1-9-5-10(2)21(20-9)8-15(23)19-18-14(22)6-11-3-4-12(16)7-13(11)17/h3-5,7H,6,8H2,1-2H3,(H,18,22)(H,19,23). The van der Waals surface area contributed by atoms with Gasteiger partial charge < -0.3 is 0 Å². The van der Waals surface area contributed by atoms with Crippen LogP contribution in [0.2, 0.25) is 10.0 Å². The molecular weight excluding hydrogens is 339 g/mol. The molecule has 0 atom stereocenters. The molecule has 1 aromatic carbocycles. The van der Waals surface area contributed by atoms with Crippen LogP contribution in [-0.4, -0.2) is 21.6 Å². The van der Waals surface area contributed by atoms with Crippen LogP contribution < -0.4 is 10.9 Å². The van der Waals surface area contributed by atoms with E-state index < -0.39 is 0 Å². The van der Waals surface area contributed by atoms with Crippen molar-refractivity contribution in [1.82, 2.24) is 20.6 Å². The average Bonchev–Trinajstić information content (AvgIpc) is 2.78. The Morgan fingerprint density at radius 3 is 2.43 bits per heavy atom. The van der Waals surface area contributed by atoms with Crippen molar-refractivity contribution in [2.45, 2.75) is 26.8 Å². The summed E-state index contributed by atoms with van der Waals surface area (Å²) in [5.41, 5.74) is 7.03. The van der Waals surface area contributed by atoms with Gasteiger partial charge in [-0.3, -0.25) is 25.1 Å². The maximum absolute atomic E-state index is 11.8. The number of aryl methyl sites for hydroxylation is 2. The van der Waals surface area contributed by atoms with Crippen LogP contribution in [0.3, 0.4) is 0 Å². The molecule has 0 unspecified atom stereocenters. The third-order valence-corrected chi connectivity index (χ3v) is 3.69. The molecule has 2 N–H and O–H groups in total. The molecule has 0 fully saturated rings. The molecule has 0 aliphatic rings. The van der Waals surface area contributed by atoms with Crippen molar-refractivity contribution in [1.29, 1.82) is 0 Å². The SMILES string of the molecule is Cc1cc(C)n(CC(=O)NNC(=O)Cc2ccc(Cl)cc2Cl)n1. The Balaban J connectivity index is 1.84. The lowest BCUT2D eigenvalue weighted by molar-refractivity contribution is -0.129. The zero-order chi connectivity index (χ0) is 17.0. The summed E-state index contributed by atoms with van der Waals surface area (Å²) in [6.45, 7) is 3.73. The number of hydrogen-bond acceptors (Lipinski definition) is 3. The number of benzene rings is 1. The first kappa shape index (κ1) is 17.3. The van der Waals surface area contributed by atoms with E-state index in [9.17, 15) is 9.59 Å². The second kappa shape index (κ2) is 7.48. The van der Waals surface area contributed by atoms with Crippen molar-refractivity contribution >= 4 is 35.0 Å². The minimum atomic E-state index is -0.379. The maximum atomic E-state index is 11.8. The van der Waals surface area contributed by atoms with Crippen molar-refractivity contribution in [3.63, 3.8) is 0 Å². The zero-order valence-electron chi connectivity index (χ0n) is 12.7. The number of hydrogen-bond donors (Lipinski definition) is 2. The number of nitrogens with one attached hydrogen (secondary N) is 2. The number of amides is 2. The van der Waals surface area contributed by atoms with Gasteiger partial charge in [0.2, 0.25) is 5.91 Å².